The molecule has 2 unspecified atom stereocenters. The molecule has 2 N–H and O–H groups in total. The molecule has 2 heterocycles. The Morgan fingerprint density at radius 3 is 2.93 bits per heavy atom. The van der Waals surface area contributed by atoms with Crippen molar-refractivity contribution < 1.29 is 13.5 Å². The monoisotopic (exact) mass is 422 g/mol. The van der Waals surface area contributed by atoms with Gasteiger partial charge >= 0.3 is 0 Å². The van der Waals surface area contributed by atoms with E-state index in [9.17, 15) is 8.78 Å². The van der Waals surface area contributed by atoms with Crippen LogP contribution in [0.25, 0.3) is 0 Å². The number of nitrogens with one attached hydrogen (secondary N) is 2. The number of hydrogen-bond donors (Lipinski definition) is 2. The normalized spacial score (nSPS) is 19.2. The van der Waals surface area contributed by atoms with Gasteiger partial charge in [-0.3, -0.25) is 9.89 Å². The fraction of sp³-hybridized carbons (Fsp3) is 0.476. The molecule has 2 aromatic rings. The summed E-state index contributed by atoms with van der Waals surface area (Å²) in [6.07, 6.45) is 0.587. The highest BCUT2D eigenvalue weighted by molar-refractivity contribution is 7.10. The van der Waals surface area contributed by atoms with Gasteiger partial charge in [0, 0.05) is 38.1 Å². The predicted octanol–water partition coefficient (Wildman–Crippen LogP) is 3.20. The summed E-state index contributed by atoms with van der Waals surface area (Å²) in [6, 6.07) is 7.97. The third-order valence-electron chi connectivity index (χ3n) is 4.97. The molecule has 3 rings (SSSR count). The molecule has 1 fully saturated rings. The van der Waals surface area contributed by atoms with Crippen molar-refractivity contribution in [1.82, 2.24) is 15.5 Å². The van der Waals surface area contributed by atoms with Gasteiger partial charge in [0.05, 0.1) is 18.8 Å². The van der Waals surface area contributed by atoms with Crippen molar-refractivity contribution in [2.45, 2.75) is 25.5 Å². The minimum atomic E-state index is -0.428. The first-order valence-corrected chi connectivity index (χ1v) is 10.7. The van der Waals surface area contributed by atoms with Crippen LogP contribution < -0.4 is 10.6 Å². The minimum absolute atomic E-state index is 0.213. The first-order chi connectivity index (χ1) is 14.1. The number of ether oxygens (including phenoxy) is 1. The molecule has 0 saturated carbocycles. The van der Waals surface area contributed by atoms with Crippen LogP contribution in [0.4, 0.5) is 8.78 Å². The first-order valence-electron chi connectivity index (χ1n) is 9.84. The summed E-state index contributed by atoms with van der Waals surface area (Å²) in [5.74, 6) is -0.178. The molecule has 5 nitrogen and oxygen atoms in total. The summed E-state index contributed by atoms with van der Waals surface area (Å²) in [7, 11) is 1.70. The van der Waals surface area contributed by atoms with Crippen molar-refractivity contribution in [1.29, 1.82) is 0 Å². The molecule has 0 bridgehead atoms. The van der Waals surface area contributed by atoms with Crippen LogP contribution in [0.15, 0.2) is 40.7 Å². The van der Waals surface area contributed by atoms with E-state index in [4.69, 9.17) is 4.74 Å². The number of hydrogen-bond acceptors (Lipinski definition) is 4. The second kappa shape index (κ2) is 10.7. The van der Waals surface area contributed by atoms with Gasteiger partial charge in [-0.2, -0.15) is 0 Å². The van der Waals surface area contributed by atoms with E-state index in [0.717, 1.165) is 31.8 Å². The van der Waals surface area contributed by atoms with E-state index >= 15 is 0 Å². The summed E-state index contributed by atoms with van der Waals surface area (Å²) >= 11 is 1.74. The Hall–Kier alpha value is -2.03. The van der Waals surface area contributed by atoms with Gasteiger partial charge < -0.3 is 15.4 Å². The molecule has 1 aliphatic heterocycles. The van der Waals surface area contributed by atoms with E-state index in [-0.39, 0.29) is 12.1 Å². The molecular formula is C21H28F2N4OS. The summed E-state index contributed by atoms with van der Waals surface area (Å²) in [5.41, 5.74) is 0.353. The number of nitrogens with zero attached hydrogens (tertiary/aromatic N) is 2. The molecule has 158 valence electrons. The SMILES string of the molecule is CN=C(NCCc1cc(F)ccc1F)NCC(c1cccs1)N1CCOC(C)C1. The van der Waals surface area contributed by atoms with Crippen LogP contribution in [0.2, 0.25) is 0 Å². The number of rotatable bonds is 7. The van der Waals surface area contributed by atoms with Crippen LogP contribution in [-0.2, 0) is 11.2 Å². The largest absolute Gasteiger partial charge is 0.376 e. The first kappa shape index (κ1) is 21.7. The van der Waals surface area contributed by atoms with Gasteiger partial charge in [0.2, 0.25) is 0 Å². The summed E-state index contributed by atoms with van der Waals surface area (Å²) in [4.78, 5) is 7.99. The van der Waals surface area contributed by atoms with E-state index in [1.807, 2.05) is 0 Å². The van der Waals surface area contributed by atoms with E-state index in [2.05, 4.69) is 45.0 Å². The molecule has 0 radical (unpaired) electrons. The lowest BCUT2D eigenvalue weighted by Gasteiger charge is -2.37. The molecule has 8 heteroatoms. The molecule has 2 atom stereocenters. The maximum absolute atomic E-state index is 13.8. The Morgan fingerprint density at radius 2 is 2.21 bits per heavy atom. The van der Waals surface area contributed by atoms with Gasteiger partial charge in [-0.1, -0.05) is 6.07 Å². The molecule has 0 aliphatic carbocycles. The number of halogens is 2. The number of aliphatic imine (C=N–C) groups is 1. The zero-order valence-electron chi connectivity index (χ0n) is 16.8. The summed E-state index contributed by atoms with van der Waals surface area (Å²) in [5, 5.41) is 8.65. The highest BCUT2D eigenvalue weighted by Crippen LogP contribution is 2.26. The zero-order chi connectivity index (χ0) is 20.6. The van der Waals surface area contributed by atoms with Crippen molar-refractivity contribution in [2.24, 2.45) is 4.99 Å². The third-order valence-corrected chi connectivity index (χ3v) is 5.94. The van der Waals surface area contributed by atoms with Crippen molar-refractivity contribution in [3.05, 3.63) is 57.8 Å². The lowest BCUT2D eigenvalue weighted by atomic mass is 10.1. The van der Waals surface area contributed by atoms with Crippen LogP contribution in [-0.4, -0.2) is 56.8 Å². The smallest absolute Gasteiger partial charge is 0.191 e. The highest BCUT2D eigenvalue weighted by atomic mass is 32.1. The molecule has 1 aliphatic rings. The van der Waals surface area contributed by atoms with Gasteiger partial charge in [-0.15, -0.1) is 11.3 Å². The third kappa shape index (κ3) is 6.22. The molecule has 0 amide bonds. The van der Waals surface area contributed by atoms with Crippen LogP contribution in [0.5, 0.6) is 0 Å². The van der Waals surface area contributed by atoms with Crippen molar-refractivity contribution in [3.8, 4) is 0 Å². The quantitative estimate of drug-likeness (QED) is 0.532. The lowest BCUT2D eigenvalue weighted by molar-refractivity contribution is -0.0334. The van der Waals surface area contributed by atoms with Crippen LogP contribution in [0.3, 0.4) is 0 Å². The topological polar surface area (TPSA) is 48.9 Å². The van der Waals surface area contributed by atoms with Crippen molar-refractivity contribution in [2.75, 3.05) is 39.8 Å². The fourth-order valence-corrected chi connectivity index (χ4v) is 4.34. The molecule has 0 spiro atoms. The maximum Gasteiger partial charge on any atom is 0.191 e. The number of benzene rings is 1. The Balaban J connectivity index is 1.55. The number of morpholine rings is 1. The van der Waals surface area contributed by atoms with E-state index < -0.39 is 11.6 Å². The van der Waals surface area contributed by atoms with Gasteiger partial charge in [0.15, 0.2) is 5.96 Å². The average Bonchev–Trinajstić information content (AvgIpc) is 3.24. The number of thiophene rings is 1. The van der Waals surface area contributed by atoms with Crippen molar-refractivity contribution >= 4 is 17.3 Å². The van der Waals surface area contributed by atoms with Gasteiger partial charge in [-0.25, -0.2) is 8.78 Å². The molecule has 1 saturated heterocycles. The molecule has 29 heavy (non-hydrogen) atoms. The minimum Gasteiger partial charge on any atom is -0.376 e. The van der Waals surface area contributed by atoms with Gasteiger partial charge in [0.1, 0.15) is 11.6 Å². The summed E-state index contributed by atoms with van der Waals surface area (Å²) in [6.45, 7) is 5.75. The zero-order valence-corrected chi connectivity index (χ0v) is 17.6. The average molecular weight is 423 g/mol. The van der Waals surface area contributed by atoms with Gasteiger partial charge in [0.25, 0.3) is 0 Å². The van der Waals surface area contributed by atoms with Crippen molar-refractivity contribution in [3.63, 3.8) is 0 Å². The second-order valence-electron chi connectivity index (χ2n) is 7.07. The van der Waals surface area contributed by atoms with E-state index in [0.29, 0.717) is 31.0 Å². The predicted molar refractivity (Wildman–Crippen MR) is 113 cm³/mol. The highest BCUT2D eigenvalue weighted by Gasteiger charge is 2.26. The summed E-state index contributed by atoms with van der Waals surface area (Å²) < 4.78 is 32.8. The standard InChI is InChI=1S/C21H28F2N4OS/c1-15-14-27(9-10-28-15)19(20-4-3-11-29-20)13-26-21(24-2)25-8-7-16-12-17(22)5-6-18(16)23/h3-6,11-12,15,19H,7-10,13-14H2,1-2H3,(H2,24,25,26). The van der Waals surface area contributed by atoms with Crippen LogP contribution in [0, 0.1) is 11.6 Å². The Morgan fingerprint density at radius 1 is 1.34 bits per heavy atom. The molecule has 1 aromatic heterocycles. The second-order valence-corrected chi connectivity index (χ2v) is 8.05. The Labute approximate surface area is 174 Å². The Bertz CT molecular complexity index is 800. The van der Waals surface area contributed by atoms with E-state index in [1.165, 1.54) is 10.9 Å². The molecular weight excluding hydrogens is 394 g/mol. The Kier molecular flexibility index (Phi) is 7.97. The maximum atomic E-state index is 13.8. The number of guanidine groups is 1. The molecule has 1 aromatic carbocycles. The van der Waals surface area contributed by atoms with Crippen LogP contribution in [0.1, 0.15) is 23.4 Å². The fourth-order valence-electron chi connectivity index (χ4n) is 3.48. The van der Waals surface area contributed by atoms with Crippen LogP contribution >= 0.6 is 11.3 Å². The van der Waals surface area contributed by atoms with Gasteiger partial charge in [-0.05, 0) is 48.6 Å². The van der Waals surface area contributed by atoms with E-state index in [1.54, 1.807) is 18.4 Å². The lowest BCUT2D eigenvalue weighted by Crippen LogP contribution is -2.48.